The number of alkyl halides is 2. The molecule has 2 rings (SSSR count). The fraction of sp³-hybridized carbons (Fsp3) is 0.750. The lowest BCUT2D eigenvalue weighted by Crippen LogP contribution is -2.29. The van der Waals surface area contributed by atoms with Crippen molar-refractivity contribution in [1.29, 1.82) is 0 Å². The third-order valence-corrected chi connectivity index (χ3v) is 2.18. The normalized spacial score (nSPS) is 17.1. The van der Waals surface area contributed by atoms with Gasteiger partial charge in [0.15, 0.2) is 0 Å². The molecule has 1 aliphatic carbocycles. The number of nitrogens with zero attached hydrogens (tertiary/aromatic N) is 2. The van der Waals surface area contributed by atoms with Crippen molar-refractivity contribution in [2.45, 2.75) is 25.7 Å². The first kappa shape index (κ1) is 9.36. The molecule has 1 aromatic rings. The topological polar surface area (TPSA) is 51.0 Å². The third-order valence-electron chi connectivity index (χ3n) is 2.18. The smallest absolute Gasteiger partial charge is 0.315 e. The summed E-state index contributed by atoms with van der Waals surface area (Å²) in [4.78, 5) is 0. The van der Waals surface area contributed by atoms with Gasteiger partial charge in [-0.2, -0.15) is 0 Å². The Kier molecular flexibility index (Phi) is 2.13. The molecule has 0 radical (unpaired) electrons. The summed E-state index contributed by atoms with van der Waals surface area (Å²) in [7, 11) is 0. The monoisotopic (exact) mass is 203 g/mol. The zero-order chi connectivity index (χ0) is 10.2. The largest absolute Gasteiger partial charge is 0.408 e. The summed E-state index contributed by atoms with van der Waals surface area (Å²) in [6.07, 6.45) is 1.22. The standard InChI is InChI=1S/C8H11F2N3O/c1-5-12-13-7(14-5)11-4-8(9,10)6-2-3-6/h6H,2-4H2,1H3,(H,11,13). The molecule has 0 aromatic carbocycles. The highest BCUT2D eigenvalue weighted by atomic mass is 19.3. The lowest BCUT2D eigenvalue weighted by Gasteiger charge is -2.14. The third kappa shape index (κ3) is 2.00. The van der Waals surface area contributed by atoms with Crippen molar-refractivity contribution in [3.05, 3.63) is 5.89 Å². The first-order chi connectivity index (χ1) is 6.58. The van der Waals surface area contributed by atoms with E-state index in [4.69, 9.17) is 4.42 Å². The van der Waals surface area contributed by atoms with Crippen molar-refractivity contribution in [2.75, 3.05) is 11.9 Å². The van der Waals surface area contributed by atoms with Gasteiger partial charge in [0.1, 0.15) is 0 Å². The van der Waals surface area contributed by atoms with Crippen LogP contribution in [0.1, 0.15) is 18.7 Å². The molecule has 1 saturated carbocycles. The first-order valence-corrected chi connectivity index (χ1v) is 4.50. The maximum Gasteiger partial charge on any atom is 0.315 e. The molecule has 1 heterocycles. The van der Waals surface area contributed by atoms with Crippen molar-refractivity contribution >= 4 is 6.01 Å². The molecule has 0 bridgehead atoms. The van der Waals surface area contributed by atoms with E-state index in [1.807, 2.05) is 0 Å². The van der Waals surface area contributed by atoms with E-state index in [9.17, 15) is 8.78 Å². The van der Waals surface area contributed by atoms with E-state index in [-0.39, 0.29) is 6.01 Å². The molecule has 0 atom stereocenters. The minimum absolute atomic E-state index is 0.0582. The van der Waals surface area contributed by atoms with Gasteiger partial charge in [0.05, 0.1) is 6.54 Å². The number of aryl methyl sites for hydroxylation is 1. The first-order valence-electron chi connectivity index (χ1n) is 4.50. The van der Waals surface area contributed by atoms with Crippen LogP contribution in [0.25, 0.3) is 0 Å². The number of rotatable bonds is 4. The van der Waals surface area contributed by atoms with Gasteiger partial charge in [-0.25, -0.2) is 8.78 Å². The fourth-order valence-corrected chi connectivity index (χ4v) is 1.21. The van der Waals surface area contributed by atoms with Gasteiger partial charge < -0.3 is 9.73 Å². The Morgan fingerprint density at radius 2 is 2.21 bits per heavy atom. The summed E-state index contributed by atoms with van der Waals surface area (Å²) in [5.41, 5.74) is 0. The predicted molar refractivity (Wildman–Crippen MR) is 45.2 cm³/mol. The maximum atomic E-state index is 13.1. The van der Waals surface area contributed by atoms with Crippen LogP contribution in [0.15, 0.2) is 4.42 Å². The van der Waals surface area contributed by atoms with Crippen molar-refractivity contribution in [1.82, 2.24) is 10.2 Å². The number of anilines is 1. The van der Waals surface area contributed by atoms with Crippen molar-refractivity contribution < 1.29 is 13.2 Å². The number of halogens is 2. The molecule has 0 saturated heterocycles. The van der Waals surface area contributed by atoms with Gasteiger partial charge in [-0.15, -0.1) is 5.10 Å². The van der Waals surface area contributed by atoms with Crippen LogP contribution in [-0.4, -0.2) is 22.7 Å². The van der Waals surface area contributed by atoms with E-state index in [2.05, 4.69) is 15.5 Å². The van der Waals surface area contributed by atoms with Crippen molar-refractivity contribution in [2.24, 2.45) is 5.92 Å². The fourth-order valence-electron chi connectivity index (χ4n) is 1.21. The Hall–Kier alpha value is -1.20. The second-order valence-electron chi connectivity index (χ2n) is 3.52. The summed E-state index contributed by atoms with van der Waals surface area (Å²) in [6.45, 7) is 1.18. The molecule has 1 aromatic heterocycles. The van der Waals surface area contributed by atoms with Crippen LogP contribution in [-0.2, 0) is 0 Å². The van der Waals surface area contributed by atoms with E-state index in [1.54, 1.807) is 6.92 Å². The zero-order valence-corrected chi connectivity index (χ0v) is 7.76. The van der Waals surface area contributed by atoms with Crippen molar-refractivity contribution in [3.8, 4) is 0 Å². The molecule has 1 aliphatic rings. The molecule has 0 unspecified atom stereocenters. The van der Waals surface area contributed by atoms with E-state index < -0.39 is 18.4 Å². The summed E-state index contributed by atoms with van der Waals surface area (Å²) >= 11 is 0. The highest BCUT2D eigenvalue weighted by molar-refractivity contribution is 5.18. The quantitative estimate of drug-likeness (QED) is 0.811. The lowest BCUT2D eigenvalue weighted by atomic mass is 10.2. The Morgan fingerprint density at radius 1 is 1.50 bits per heavy atom. The summed E-state index contributed by atoms with van der Waals surface area (Å²) in [5.74, 6) is -2.77. The van der Waals surface area contributed by atoms with Crippen LogP contribution in [0.4, 0.5) is 14.8 Å². The summed E-state index contributed by atoms with van der Waals surface area (Å²) < 4.78 is 31.2. The van der Waals surface area contributed by atoms with Crippen LogP contribution in [0.2, 0.25) is 0 Å². The Labute approximate surface area is 79.7 Å². The molecule has 0 amide bonds. The van der Waals surface area contributed by atoms with Gasteiger partial charge in [-0.05, 0) is 12.8 Å². The lowest BCUT2D eigenvalue weighted by molar-refractivity contribution is -0.00863. The SMILES string of the molecule is Cc1nnc(NCC(F)(F)C2CC2)o1. The van der Waals surface area contributed by atoms with Gasteiger partial charge in [0.2, 0.25) is 5.89 Å². The Balaban J connectivity index is 1.87. The zero-order valence-electron chi connectivity index (χ0n) is 7.76. The minimum atomic E-state index is -2.66. The van der Waals surface area contributed by atoms with Gasteiger partial charge >= 0.3 is 6.01 Å². The maximum absolute atomic E-state index is 13.1. The number of aromatic nitrogens is 2. The average molecular weight is 203 g/mol. The molecule has 14 heavy (non-hydrogen) atoms. The second-order valence-corrected chi connectivity index (χ2v) is 3.52. The van der Waals surface area contributed by atoms with Gasteiger partial charge in [0, 0.05) is 12.8 Å². The van der Waals surface area contributed by atoms with E-state index >= 15 is 0 Å². The molecule has 4 nitrogen and oxygen atoms in total. The molecule has 0 aliphatic heterocycles. The summed E-state index contributed by atoms with van der Waals surface area (Å²) in [6, 6.07) is 0.0582. The molecular weight excluding hydrogens is 192 g/mol. The number of hydrogen-bond donors (Lipinski definition) is 1. The van der Waals surface area contributed by atoms with Gasteiger partial charge in [-0.3, -0.25) is 0 Å². The highest BCUT2D eigenvalue weighted by Crippen LogP contribution is 2.43. The van der Waals surface area contributed by atoms with Gasteiger partial charge in [-0.1, -0.05) is 5.10 Å². The van der Waals surface area contributed by atoms with Crippen LogP contribution in [0, 0.1) is 12.8 Å². The molecule has 1 fully saturated rings. The minimum Gasteiger partial charge on any atom is -0.408 e. The number of nitrogens with one attached hydrogen (secondary N) is 1. The second kappa shape index (κ2) is 3.18. The van der Waals surface area contributed by atoms with E-state index in [0.29, 0.717) is 18.7 Å². The van der Waals surface area contributed by atoms with Gasteiger partial charge in [0.25, 0.3) is 5.92 Å². The van der Waals surface area contributed by atoms with E-state index in [1.165, 1.54) is 0 Å². The molecular formula is C8H11F2N3O. The van der Waals surface area contributed by atoms with Crippen LogP contribution in [0.3, 0.4) is 0 Å². The van der Waals surface area contributed by atoms with Crippen LogP contribution in [0.5, 0.6) is 0 Å². The Bertz CT molecular complexity index is 322. The predicted octanol–water partition coefficient (Wildman–Crippen LogP) is 1.84. The average Bonchev–Trinajstić information content (AvgIpc) is 2.89. The van der Waals surface area contributed by atoms with Crippen LogP contribution < -0.4 is 5.32 Å². The number of hydrogen-bond acceptors (Lipinski definition) is 4. The van der Waals surface area contributed by atoms with Crippen LogP contribution >= 0.6 is 0 Å². The molecule has 78 valence electrons. The Morgan fingerprint density at radius 3 is 2.71 bits per heavy atom. The highest BCUT2D eigenvalue weighted by Gasteiger charge is 2.46. The molecule has 0 spiro atoms. The molecule has 6 heteroatoms. The van der Waals surface area contributed by atoms with Crippen molar-refractivity contribution in [3.63, 3.8) is 0 Å². The van der Waals surface area contributed by atoms with E-state index in [0.717, 1.165) is 0 Å². The summed E-state index contributed by atoms with van der Waals surface area (Å²) in [5, 5.41) is 9.53. The molecule has 1 N–H and O–H groups in total.